The molecule has 19 heavy (non-hydrogen) atoms. The Morgan fingerprint density at radius 1 is 1.42 bits per heavy atom. The summed E-state index contributed by atoms with van der Waals surface area (Å²) in [5, 5.41) is 7.01. The van der Waals surface area contributed by atoms with Gasteiger partial charge in [-0.1, -0.05) is 20.8 Å². The first-order chi connectivity index (χ1) is 8.97. The zero-order valence-electron chi connectivity index (χ0n) is 12.5. The highest BCUT2D eigenvalue weighted by atomic mass is 32.1. The third-order valence-electron chi connectivity index (χ3n) is 3.87. The lowest BCUT2D eigenvalue weighted by atomic mass is 9.93. The smallest absolute Gasteiger partial charge is 0.107 e. The fourth-order valence-corrected chi connectivity index (χ4v) is 3.34. The highest BCUT2D eigenvalue weighted by molar-refractivity contribution is 7.09. The topological polar surface area (TPSA) is 34.2 Å². The Labute approximate surface area is 120 Å². The lowest BCUT2D eigenvalue weighted by Crippen LogP contribution is -2.36. The van der Waals surface area contributed by atoms with Crippen LogP contribution in [0.3, 0.4) is 0 Å². The summed E-state index contributed by atoms with van der Waals surface area (Å²) in [5.41, 5.74) is 1.36. The highest BCUT2D eigenvalue weighted by Crippen LogP contribution is 2.24. The molecule has 1 saturated heterocycles. The van der Waals surface area contributed by atoms with E-state index in [9.17, 15) is 0 Å². The minimum atomic E-state index is 0.154. The van der Waals surface area contributed by atoms with Crippen molar-refractivity contribution in [3.63, 3.8) is 0 Å². The highest BCUT2D eigenvalue weighted by Gasteiger charge is 2.21. The Kier molecular flexibility index (Phi) is 4.98. The van der Waals surface area contributed by atoms with E-state index >= 15 is 0 Å². The third-order valence-corrected chi connectivity index (χ3v) is 4.72. The van der Waals surface area contributed by atoms with Crippen molar-refractivity contribution in [3.05, 3.63) is 16.1 Å². The molecule has 3 nitrogen and oxygen atoms in total. The van der Waals surface area contributed by atoms with E-state index in [1.807, 2.05) is 0 Å². The van der Waals surface area contributed by atoms with Crippen molar-refractivity contribution in [2.24, 2.45) is 5.92 Å². The van der Waals surface area contributed by atoms with E-state index in [0.29, 0.717) is 6.04 Å². The largest absolute Gasteiger partial charge is 0.381 e. The zero-order valence-corrected chi connectivity index (χ0v) is 13.3. The van der Waals surface area contributed by atoms with Gasteiger partial charge in [0, 0.05) is 36.6 Å². The van der Waals surface area contributed by atoms with Crippen LogP contribution in [0.4, 0.5) is 0 Å². The van der Waals surface area contributed by atoms with Gasteiger partial charge >= 0.3 is 0 Å². The van der Waals surface area contributed by atoms with Crippen molar-refractivity contribution in [2.45, 2.75) is 58.5 Å². The molecule has 108 valence electrons. The quantitative estimate of drug-likeness (QED) is 0.919. The van der Waals surface area contributed by atoms with Gasteiger partial charge in [0.1, 0.15) is 5.01 Å². The first kappa shape index (κ1) is 14.9. The molecule has 2 rings (SSSR count). The molecule has 1 aliphatic rings. The minimum Gasteiger partial charge on any atom is -0.381 e. The first-order valence-corrected chi connectivity index (χ1v) is 8.11. The number of aromatic nitrogens is 1. The molecule has 1 aromatic rings. The second-order valence-electron chi connectivity index (χ2n) is 6.50. The standard InChI is InChI=1S/C15H26N2OS/c1-11(12-5-7-18-8-6-12)16-9-14-17-13(10-19-14)15(2,3)4/h10-12,16H,5-9H2,1-4H3. The van der Waals surface area contributed by atoms with Crippen molar-refractivity contribution in [1.82, 2.24) is 10.3 Å². The van der Waals surface area contributed by atoms with Crippen molar-refractivity contribution < 1.29 is 4.74 Å². The van der Waals surface area contributed by atoms with Crippen LogP contribution in [0, 0.1) is 5.92 Å². The van der Waals surface area contributed by atoms with Gasteiger partial charge in [-0.3, -0.25) is 0 Å². The van der Waals surface area contributed by atoms with Gasteiger partial charge in [0.25, 0.3) is 0 Å². The van der Waals surface area contributed by atoms with Crippen molar-refractivity contribution in [1.29, 1.82) is 0 Å². The molecule has 0 bridgehead atoms. The molecular weight excluding hydrogens is 256 g/mol. The number of thiazole rings is 1. The Morgan fingerprint density at radius 2 is 2.11 bits per heavy atom. The van der Waals surface area contributed by atoms with Gasteiger partial charge in [0.2, 0.25) is 0 Å². The van der Waals surface area contributed by atoms with Crippen LogP contribution in [0.2, 0.25) is 0 Å². The molecule has 1 aliphatic heterocycles. The van der Waals surface area contributed by atoms with E-state index < -0.39 is 0 Å². The first-order valence-electron chi connectivity index (χ1n) is 7.23. The van der Waals surface area contributed by atoms with Crippen LogP contribution in [0.15, 0.2) is 5.38 Å². The van der Waals surface area contributed by atoms with Gasteiger partial charge in [-0.15, -0.1) is 11.3 Å². The zero-order chi connectivity index (χ0) is 13.9. The summed E-state index contributed by atoms with van der Waals surface area (Å²) in [5.74, 6) is 0.746. The maximum atomic E-state index is 5.42. The lowest BCUT2D eigenvalue weighted by Gasteiger charge is -2.28. The molecular formula is C15H26N2OS. The predicted molar refractivity (Wildman–Crippen MR) is 80.7 cm³/mol. The van der Waals surface area contributed by atoms with Gasteiger partial charge in [0.15, 0.2) is 0 Å². The molecule has 0 saturated carbocycles. The van der Waals surface area contributed by atoms with Gasteiger partial charge < -0.3 is 10.1 Å². The summed E-state index contributed by atoms with van der Waals surface area (Å²) in [4.78, 5) is 4.73. The Bertz CT molecular complexity index is 391. The number of hydrogen-bond donors (Lipinski definition) is 1. The normalized spacial score (nSPS) is 19.6. The molecule has 1 fully saturated rings. The SMILES string of the molecule is CC(NCc1nc(C(C)(C)C)cs1)C1CCOCC1. The Hall–Kier alpha value is -0.450. The summed E-state index contributed by atoms with van der Waals surface area (Å²) >= 11 is 1.77. The molecule has 0 radical (unpaired) electrons. The van der Waals surface area contributed by atoms with Crippen LogP contribution in [0.25, 0.3) is 0 Å². The molecule has 0 spiro atoms. The van der Waals surface area contributed by atoms with Crippen LogP contribution < -0.4 is 5.32 Å². The maximum absolute atomic E-state index is 5.42. The van der Waals surface area contributed by atoms with Crippen LogP contribution in [0.5, 0.6) is 0 Å². The fraction of sp³-hybridized carbons (Fsp3) is 0.800. The molecule has 0 aromatic carbocycles. The van der Waals surface area contributed by atoms with Gasteiger partial charge in [0.05, 0.1) is 5.69 Å². The number of rotatable bonds is 4. The van der Waals surface area contributed by atoms with Crippen molar-refractivity contribution in [2.75, 3.05) is 13.2 Å². The van der Waals surface area contributed by atoms with Crippen molar-refractivity contribution >= 4 is 11.3 Å². The molecule has 1 unspecified atom stereocenters. The van der Waals surface area contributed by atoms with Gasteiger partial charge in [-0.05, 0) is 25.7 Å². The van der Waals surface area contributed by atoms with Crippen LogP contribution in [0.1, 0.15) is 51.2 Å². The van der Waals surface area contributed by atoms with E-state index in [1.54, 1.807) is 11.3 Å². The molecule has 2 heterocycles. The minimum absolute atomic E-state index is 0.154. The van der Waals surface area contributed by atoms with E-state index in [4.69, 9.17) is 9.72 Å². The summed E-state index contributed by atoms with van der Waals surface area (Å²) in [6, 6.07) is 0.547. The number of hydrogen-bond acceptors (Lipinski definition) is 4. The van der Waals surface area contributed by atoms with Gasteiger partial charge in [-0.25, -0.2) is 4.98 Å². The van der Waals surface area contributed by atoms with Crippen molar-refractivity contribution in [3.8, 4) is 0 Å². The number of ether oxygens (including phenoxy) is 1. The molecule has 1 N–H and O–H groups in total. The summed E-state index contributed by atoms with van der Waals surface area (Å²) in [6.07, 6.45) is 2.36. The summed E-state index contributed by atoms with van der Waals surface area (Å²) in [7, 11) is 0. The third kappa shape index (κ3) is 4.26. The van der Waals surface area contributed by atoms with Crippen LogP contribution in [-0.2, 0) is 16.7 Å². The molecule has 1 aromatic heterocycles. The number of nitrogens with one attached hydrogen (secondary N) is 1. The monoisotopic (exact) mass is 282 g/mol. The Balaban J connectivity index is 1.83. The summed E-state index contributed by atoms with van der Waals surface area (Å²) in [6.45, 7) is 11.6. The average Bonchev–Trinajstić information content (AvgIpc) is 2.86. The average molecular weight is 282 g/mol. The second kappa shape index (κ2) is 6.33. The van der Waals surface area contributed by atoms with Gasteiger partial charge in [-0.2, -0.15) is 0 Å². The van der Waals surface area contributed by atoms with Crippen LogP contribution >= 0.6 is 11.3 Å². The van der Waals surface area contributed by atoms with E-state index in [1.165, 1.54) is 23.5 Å². The Morgan fingerprint density at radius 3 is 2.68 bits per heavy atom. The molecule has 0 amide bonds. The molecule has 4 heteroatoms. The van der Waals surface area contributed by atoms with E-state index in [-0.39, 0.29) is 5.41 Å². The summed E-state index contributed by atoms with van der Waals surface area (Å²) < 4.78 is 5.42. The van der Waals surface area contributed by atoms with E-state index in [0.717, 1.165) is 25.7 Å². The lowest BCUT2D eigenvalue weighted by molar-refractivity contribution is 0.0558. The number of nitrogens with zero attached hydrogens (tertiary/aromatic N) is 1. The maximum Gasteiger partial charge on any atom is 0.107 e. The van der Waals surface area contributed by atoms with E-state index in [2.05, 4.69) is 38.4 Å². The predicted octanol–water partition coefficient (Wildman–Crippen LogP) is 3.35. The van der Waals surface area contributed by atoms with Crippen LogP contribution in [-0.4, -0.2) is 24.2 Å². The second-order valence-corrected chi connectivity index (χ2v) is 7.44. The molecule has 0 aliphatic carbocycles. The fourth-order valence-electron chi connectivity index (χ4n) is 2.37. The molecule has 1 atom stereocenters.